The number of nitrogens with zero attached hydrogens (tertiary/aromatic N) is 3. The van der Waals surface area contributed by atoms with Crippen LogP contribution in [0.5, 0.6) is 0 Å². The summed E-state index contributed by atoms with van der Waals surface area (Å²) in [5, 5.41) is 8.07. The van der Waals surface area contributed by atoms with Crippen LogP contribution in [0.4, 0.5) is 5.69 Å². The molecule has 178 valence electrons. The van der Waals surface area contributed by atoms with Crippen LogP contribution in [0.15, 0.2) is 35.2 Å². The van der Waals surface area contributed by atoms with Gasteiger partial charge >= 0.3 is 0 Å². The fraction of sp³-hybridized carbons (Fsp3) is 0.577. The van der Waals surface area contributed by atoms with Gasteiger partial charge in [0.2, 0.25) is 5.91 Å². The Morgan fingerprint density at radius 2 is 1.85 bits per heavy atom. The van der Waals surface area contributed by atoms with Crippen molar-refractivity contribution in [3.8, 4) is 0 Å². The molecule has 7 heteroatoms. The maximum atomic E-state index is 13.9. The van der Waals surface area contributed by atoms with Gasteiger partial charge in [-0.05, 0) is 50.3 Å². The summed E-state index contributed by atoms with van der Waals surface area (Å²) in [5.41, 5.74) is 0.878. The van der Waals surface area contributed by atoms with Crippen LogP contribution in [0.2, 0.25) is 0 Å². The second kappa shape index (κ2) is 9.16. The number of fused-ring (bicyclic) bond motifs is 1. The van der Waals surface area contributed by atoms with Crippen molar-refractivity contribution in [2.24, 2.45) is 0 Å². The van der Waals surface area contributed by atoms with Gasteiger partial charge in [0.15, 0.2) is 0 Å². The number of hydrogen-bond donors (Lipinski definition) is 1. The van der Waals surface area contributed by atoms with E-state index in [0.717, 1.165) is 42.0 Å². The minimum absolute atomic E-state index is 0.101. The molecule has 1 saturated carbocycles. The number of carbonyl (C=O) groups excluding carboxylic acids is 2. The van der Waals surface area contributed by atoms with Crippen molar-refractivity contribution in [2.75, 3.05) is 11.2 Å². The highest BCUT2D eigenvalue weighted by atomic mass is 32.2. The zero-order chi connectivity index (χ0) is 23.8. The molecule has 33 heavy (non-hydrogen) atoms. The van der Waals surface area contributed by atoms with E-state index in [0.29, 0.717) is 12.2 Å². The van der Waals surface area contributed by atoms with Crippen LogP contribution in [0.3, 0.4) is 0 Å². The highest BCUT2D eigenvalue weighted by Gasteiger charge is 2.49. The number of rotatable bonds is 4. The van der Waals surface area contributed by atoms with Crippen molar-refractivity contribution < 1.29 is 9.59 Å². The Kier molecular flexibility index (Phi) is 6.63. The van der Waals surface area contributed by atoms with Crippen LogP contribution in [-0.2, 0) is 16.8 Å². The summed E-state index contributed by atoms with van der Waals surface area (Å²) in [7, 11) is 0. The molecule has 1 aliphatic carbocycles. The quantitative estimate of drug-likeness (QED) is 0.497. The van der Waals surface area contributed by atoms with Crippen LogP contribution in [0, 0.1) is 0 Å². The van der Waals surface area contributed by atoms with E-state index in [1.165, 1.54) is 12.8 Å². The lowest BCUT2D eigenvalue weighted by atomic mass is 9.91. The largest absolute Gasteiger partial charge is 0.351 e. The lowest BCUT2D eigenvalue weighted by Gasteiger charge is -2.43. The third-order valence-corrected chi connectivity index (χ3v) is 7.64. The molecule has 2 aromatic rings. The van der Waals surface area contributed by atoms with Gasteiger partial charge in [-0.15, -0.1) is 11.8 Å². The molecule has 6 nitrogen and oxygen atoms in total. The number of hydrogen-bond acceptors (Lipinski definition) is 4. The van der Waals surface area contributed by atoms with Gasteiger partial charge in [-0.1, -0.05) is 52.5 Å². The van der Waals surface area contributed by atoms with Crippen LogP contribution in [-0.4, -0.2) is 39.4 Å². The van der Waals surface area contributed by atoms with Crippen LogP contribution < -0.4 is 10.2 Å². The maximum Gasteiger partial charge on any atom is 0.277 e. The Morgan fingerprint density at radius 1 is 1.15 bits per heavy atom. The van der Waals surface area contributed by atoms with Crippen LogP contribution in [0.25, 0.3) is 0 Å². The summed E-state index contributed by atoms with van der Waals surface area (Å²) in [6.07, 6.45) is 8.73. The van der Waals surface area contributed by atoms with Gasteiger partial charge in [-0.3, -0.25) is 19.2 Å². The molecule has 2 heterocycles. The Bertz CT molecular complexity index is 1030. The van der Waals surface area contributed by atoms with Gasteiger partial charge in [-0.2, -0.15) is 5.10 Å². The lowest BCUT2D eigenvalue weighted by molar-refractivity contribution is -0.127. The average Bonchev–Trinajstić information content (AvgIpc) is 3.04. The molecule has 0 spiro atoms. The fourth-order valence-corrected chi connectivity index (χ4v) is 5.32. The first-order valence-corrected chi connectivity index (χ1v) is 13.2. The predicted molar refractivity (Wildman–Crippen MR) is 134 cm³/mol. The molecule has 1 fully saturated rings. The number of amides is 2. The molecule has 1 atom stereocenters. The number of aromatic nitrogens is 2. The second-order valence-corrected chi connectivity index (χ2v) is 11.5. The molecular weight excluding hydrogens is 432 g/mol. The van der Waals surface area contributed by atoms with Crippen molar-refractivity contribution in [3.63, 3.8) is 0 Å². The third-order valence-electron chi connectivity index (χ3n) is 6.91. The molecular formula is C26H36N4O2S. The van der Waals surface area contributed by atoms with Gasteiger partial charge in [0.05, 0.1) is 12.2 Å². The SMILES string of the molecule is CSc1cccc(N2C(=O)c3cc(C(C)(C)C)nn3CC2(C)C(=O)NC2CCCCCC2)c1. The van der Waals surface area contributed by atoms with Gasteiger partial charge in [0.1, 0.15) is 11.2 Å². The van der Waals surface area contributed by atoms with E-state index < -0.39 is 5.54 Å². The van der Waals surface area contributed by atoms with Gasteiger partial charge < -0.3 is 5.32 Å². The Balaban J connectivity index is 1.76. The molecule has 2 aliphatic rings. The predicted octanol–water partition coefficient (Wildman–Crippen LogP) is 5.16. The lowest BCUT2D eigenvalue weighted by Crippen LogP contribution is -2.65. The minimum Gasteiger partial charge on any atom is -0.351 e. The molecule has 1 aromatic heterocycles. The Labute approximate surface area is 201 Å². The number of benzene rings is 1. The third kappa shape index (κ3) is 4.70. The summed E-state index contributed by atoms with van der Waals surface area (Å²) in [4.78, 5) is 30.5. The fourth-order valence-electron chi connectivity index (χ4n) is 4.87. The van der Waals surface area contributed by atoms with E-state index in [4.69, 9.17) is 5.10 Å². The zero-order valence-corrected chi connectivity index (χ0v) is 21.3. The first-order valence-electron chi connectivity index (χ1n) is 12.0. The molecule has 1 aliphatic heterocycles. The van der Waals surface area contributed by atoms with Crippen molar-refractivity contribution in [1.29, 1.82) is 0 Å². The minimum atomic E-state index is -1.07. The summed E-state index contributed by atoms with van der Waals surface area (Å²) < 4.78 is 1.74. The first kappa shape index (κ1) is 23.9. The molecule has 0 bridgehead atoms. The van der Waals surface area contributed by atoms with Gasteiger partial charge in [0.25, 0.3) is 5.91 Å². The van der Waals surface area contributed by atoms with E-state index in [1.807, 2.05) is 43.5 Å². The van der Waals surface area contributed by atoms with Crippen molar-refractivity contribution in [3.05, 3.63) is 41.7 Å². The topological polar surface area (TPSA) is 67.2 Å². The number of anilines is 1. The molecule has 1 unspecified atom stereocenters. The summed E-state index contributed by atoms with van der Waals surface area (Å²) in [5.74, 6) is -0.281. The molecule has 4 rings (SSSR count). The van der Waals surface area contributed by atoms with E-state index in [1.54, 1.807) is 21.3 Å². The summed E-state index contributed by atoms with van der Waals surface area (Å²) in [6.45, 7) is 8.47. The standard InChI is InChI=1S/C26H36N4O2S/c1-25(2,3)22-16-21-23(31)30(19-13-10-14-20(15-19)33-5)26(4,17-29(21)28-22)24(32)27-18-11-8-6-7-9-12-18/h10,13-16,18H,6-9,11-12,17H2,1-5H3,(H,27,32). The molecule has 0 radical (unpaired) electrons. The normalized spacial score (nSPS) is 22.1. The molecule has 1 aromatic carbocycles. The van der Waals surface area contributed by atoms with E-state index in [2.05, 4.69) is 26.1 Å². The number of carbonyl (C=O) groups is 2. The second-order valence-electron chi connectivity index (χ2n) is 10.6. The molecule has 1 N–H and O–H groups in total. The highest BCUT2D eigenvalue weighted by Crippen LogP contribution is 2.36. The zero-order valence-electron chi connectivity index (χ0n) is 20.5. The smallest absolute Gasteiger partial charge is 0.277 e. The van der Waals surface area contributed by atoms with Gasteiger partial charge in [-0.25, -0.2) is 0 Å². The number of nitrogens with one attached hydrogen (secondary N) is 1. The molecule has 2 amide bonds. The summed E-state index contributed by atoms with van der Waals surface area (Å²) >= 11 is 1.62. The monoisotopic (exact) mass is 468 g/mol. The average molecular weight is 469 g/mol. The van der Waals surface area contributed by atoms with Crippen molar-refractivity contribution in [2.45, 2.75) is 94.7 Å². The molecule has 0 saturated heterocycles. The van der Waals surface area contributed by atoms with E-state index in [-0.39, 0.29) is 23.3 Å². The number of thioether (sulfide) groups is 1. The summed E-state index contributed by atoms with van der Waals surface area (Å²) in [6, 6.07) is 9.94. The van der Waals surface area contributed by atoms with Crippen molar-refractivity contribution >= 4 is 29.3 Å². The Hall–Kier alpha value is -2.28. The van der Waals surface area contributed by atoms with Crippen molar-refractivity contribution in [1.82, 2.24) is 15.1 Å². The van der Waals surface area contributed by atoms with Crippen LogP contribution >= 0.6 is 11.8 Å². The van der Waals surface area contributed by atoms with E-state index in [9.17, 15) is 9.59 Å². The highest BCUT2D eigenvalue weighted by molar-refractivity contribution is 7.98. The van der Waals surface area contributed by atoms with E-state index >= 15 is 0 Å². The van der Waals surface area contributed by atoms with Crippen LogP contribution in [0.1, 0.15) is 82.4 Å². The maximum absolute atomic E-state index is 13.9. The first-order chi connectivity index (χ1) is 15.6. The van der Waals surface area contributed by atoms with Gasteiger partial charge in [0, 0.05) is 22.0 Å². The Morgan fingerprint density at radius 3 is 2.48 bits per heavy atom.